The van der Waals surface area contributed by atoms with Crippen LogP contribution in [0.5, 0.6) is 0 Å². The Labute approximate surface area is 168 Å². The highest BCUT2D eigenvalue weighted by Crippen LogP contribution is 2.26. The number of nitrogens with zero attached hydrogens (tertiary/aromatic N) is 4. The van der Waals surface area contributed by atoms with Crippen molar-refractivity contribution in [2.75, 3.05) is 39.3 Å². The number of hydrogen-bond donors (Lipinski definition) is 0. The first-order valence-electron chi connectivity index (χ1n) is 10.5. The number of likely N-dealkylation sites (tertiary alicyclic amines) is 1. The van der Waals surface area contributed by atoms with E-state index in [0.717, 1.165) is 64.2 Å². The second-order valence-electron chi connectivity index (χ2n) is 7.87. The number of carbonyl (C=O) groups excluding carboxylic acids is 1. The molecule has 1 aromatic carbocycles. The normalized spacial score (nSPS) is 20.1. The van der Waals surface area contributed by atoms with E-state index in [1.54, 1.807) is 0 Å². The molecule has 2 saturated heterocycles. The Hall–Kier alpha value is -2.24. The number of rotatable bonds is 5. The van der Waals surface area contributed by atoms with Crippen LogP contribution in [0, 0.1) is 0 Å². The van der Waals surface area contributed by atoms with Gasteiger partial charge in [0.15, 0.2) is 0 Å². The lowest BCUT2D eigenvalue weighted by molar-refractivity contribution is -0.139. The van der Waals surface area contributed by atoms with Crippen molar-refractivity contribution >= 4 is 5.91 Å². The van der Waals surface area contributed by atoms with Gasteiger partial charge in [0.2, 0.25) is 5.91 Å². The zero-order chi connectivity index (χ0) is 19.2. The fraction of sp³-hybridized carbons (Fsp3) is 0.478. The summed E-state index contributed by atoms with van der Waals surface area (Å²) < 4.78 is 0. The molecule has 3 heterocycles. The van der Waals surface area contributed by atoms with E-state index in [0.29, 0.717) is 0 Å². The molecule has 0 N–H and O–H groups in total. The summed E-state index contributed by atoms with van der Waals surface area (Å²) in [6, 6.07) is 14.3. The molecule has 1 amide bonds. The Bertz CT molecular complexity index is 738. The molecule has 0 saturated carbocycles. The van der Waals surface area contributed by atoms with Gasteiger partial charge >= 0.3 is 0 Å². The maximum atomic E-state index is 13.4. The van der Waals surface area contributed by atoms with Crippen LogP contribution in [0.4, 0.5) is 0 Å². The summed E-state index contributed by atoms with van der Waals surface area (Å²) in [7, 11) is 0. The highest BCUT2D eigenvalue weighted by molar-refractivity contribution is 5.83. The van der Waals surface area contributed by atoms with Gasteiger partial charge in [-0.3, -0.25) is 19.6 Å². The van der Waals surface area contributed by atoms with Crippen molar-refractivity contribution in [2.24, 2.45) is 0 Å². The number of hydrogen-bond acceptors (Lipinski definition) is 4. The van der Waals surface area contributed by atoms with Crippen LogP contribution in [0.2, 0.25) is 0 Å². The van der Waals surface area contributed by atoms with Crippen molar-refractivity contribution in [1.29, 1.82) is 0 Å². The van der Waals surface area contributed by atoms with E-state index in [4.69, 9.17) is 0 Å². The van der Waals surface area contributed by atoms with Gasteiger partial charge in [-0.15, -0.1) is 0 Å². The molecular weight excluding hydrogens is 348 g/mol. The number of piperazine rings is 1. The molecule has 28 heavy (non-hydrogen) atoms. The molecule has 5 heteroatoms. The summed E-state index contributed by atoms with van der Waals surface area (Å²) in [5, 5.41) is 0. The molecule has 2 aliphatic rings. The van der Waals surface area contributed by atoms with Gasteiger partial charge in [-0.1, -0.05) is 30.3 Å². The molecule has 0 spiro atoms. The molecule has 2 aliphatic heterocycles. The topological polar surface area (TPSA) is 39.7 Å². The molecule has 5 nitrogen and oxygen atoms in total. The molecule has 4 rings (SSSR count). The van der Waals surface area contributed by atoms with E-state index >= 15 is 0 Å². The van der Waals surface area contributed by atoms with Crippen LogP contribution in [0.25, 0.3) is 0 Å². The fourth-order valence-electron chi connectivity index (χ4n) is 4.36. The predicted octanol–water partition coefficient (Wildman–Crippen LogP) is 2.95. The third-order valence-electron chi connectivity index (χ3n) is 5.94. The molecule has 1 unspecified atom stereocenters. The van der Waals surface area contributed by atoms with Crippen molar-refractivity contribution < 1.29 is 4.79 Å². The Balaban J connectivity index is 1.44. The molecule has 2 aromatic rings. The third kappa shape index (κ3) is 4.59. The average Bonchev–Trinajstić information content (AvgIpc) is 2.77. The molecule has 0 aliphatic carbocycles. The minimum Gasteiger partial charge on any atom is -0.341 e. The molecule has 2 fully saturated rings. The lowest BCUT2D eigenvalue weighted by atomic mass is 10.0. The van der Waals surface area contributed by atoms with Crippen LogP contribution in [0.15, 0.2) is 54.9 Å². The van der Waals surface area contributed by atoms with Crippen molar-refractivity contribution in [2.45, 2.75) is 31.8 Å². The zero-order valence-electron chi connectivity index (χ0n) is 16.5. The van der Waals surface area contributed by atoms with Gasteiger partial charge in [0.05, 0.1) is 0 Å². The van der Waals surface area contributed by atoms with Crippen molar-refractivity contribution in [3.63, 3.8) is 0 Å². The van der Waals surface area contributed by atoms with Crippen LogP contribution in [-0.2, 0) is 11.3 Å². The van der Waals surface area contributed by atoms with Gasteiger partial charge in [0.25, 0.3) is 0 Å². The van der Waals surface area contributed by atoms with Gasteiger partial charge < -0.3 is 4.90 Å². The first kappa shape index (κ1) is 19.1. The quantitative estimate of drug-likeness (QED) is 0.802. The molecule has 148 valence electrons. The van der Waals surface area contributed by atoms with E-state index in [1.807, 2.05) is 30.6 Å². The van der Waals surface area contributed by atoms with E-state index in [2.05, 4.69) is 43.9 Å². The SMILES string of the molecule is O=C(C(c1ccccc1)N1CCN(Cc2ccncc2)CC1)N1CCCCC1. The van der Waals surface area contributed by atoms with Crippen LogP contribution < -0.4 is 0 Å². The summed E-state index contributed by atoms with van der Waals surface area (Å²) in [5.41, 5.74) is 2.42. The minimum atomic E-state index is -0.151. The van der Waals surface area contributed by atoms with Gasteiger partial charge in [-0.2, -0.15) is 0 Å². The summed E-state index contributed by atoms with van der Waals surface area (Å²) in [6.07, 6.45) is 7.22. The number of carbonyl (C=O) groups is 1. The summed E-state index contributed by atoms with van der Waals surface area (Å²) in [5.74, 6) is 0.286. The fourth-order valence-corrected chi connectivity index (χ4v) is 4.36. The van der Waals surface area contributed by atoms with Gasteiger partial charge in [0.1, 0.15) is 6.04 Å². The standard InChI is InChI=1S/C23H30N4O/c28-23(27-13-5-2-6-14-27)22(21-7-3-1-4-8-21)26-17-15-25(16-18-26)19-20-9-11-24-12-10-20/h1,3-4,7-12,22H,2,5-6,13-19H2. The summed E-state index contributed by atoms with van der Waals surface area (Å²) in [6.45, 7) is 6.58. The first-order valence-corrected chi connectivity index (χ1v) is 10.5. The van der Waals surface area contributed by atoms with Crippen LogP contribution >= 0.6 is 0 Å². The van der Waals surface area contributed by atoms with Crippen molar-refractivity contribution in [3.05, 3.63) is 66.0 Å². The van der Waals surface area contributed by atoms with Gasteiger partial charge in [0, 0.05) is 58.2 Å². The molecular formula is C23H30N4O. The average molecular weight is 379 g/mol. The van der Waals surface area contributed by atoms with Crippen LogP contribution in [0.3, 0.4) is 0 Å². The Morgan fingerprint density at radius 3 is 2.21 bits per heavy atom. The number of piperidine rings is 1. The first-order chi connectivity index (χ1) is 13.8. The second-order valence-corrected chi connectivity index (χ2v) is 7.87. The van der Waals surface area contributed by atoms with Gasteiger partial charge in [-0.05, 0) is 42.5 Å². The molecule has 0 bridgehead atoms. The predicted molar refractivity (Wildman–Crippen MR) is 111 cm³/mol. The monoisotopic (exact) mass is 378 g/mol. The maximum absolute atomic E-state index is 13.4. The Morgan fingerprint density at radius 2 is 1.54 bits per heavy atom. The lowest BCUT2D eigenvalue weighted by Crippen LogP contribution is -2.52. The number of aromatic nitrogens is 1. The second kappa shape index (κ2) is 9.30. The largest absolute Gasteiger partial charge is 0.341 e. The van der Waals surface area contributed by atoms with E-state index in [1.165, 1.54) is 12.0 Å². The summed E-state index contributed by atoms with van der Waals surface area (Å²) >= 11 is 0. The number of benzene rings is 1. The molecule has 0 radical (unpaired) electrons. The zero-order valence-corrected chi connectivity index (χ0v) is 16.5. The smallest absolute Gasteiger partial charge is 0.244 e. The molecule has 1 aromatic heterocycles. The van der Waals surface area contributed by atoms with E-state index in [9.17, 15) is 4.79 Å². The van der Waals surface area contributed by atoms with Gasteiger partial charge in [-0.25, -0.2) is 0 Å². The maximum Gasteiger partial charge on any atom is 0.244 e. The van der Waals surface area contributed by atoms with Crippen molar-refractivity contribution in [1.82, 2.24) is 19.7 Å². The minimum absolute atomic E-state index is 0.151. The highest BCUT2D eigenvalue weighted by atomic mass is 16.2. The van der Waals surface area contributed by atoms with E-state index < -0.39 is 0 Å². The number of pyridine rings is 1. The lowest BCUT2D eigenvalue weighted by Gasteiger charge is -2.41. The van der Waals surface area contributed by atoms with Crippen LogP contribution in [-0.4, -0.2) is 64.9 Å². The summed E-state index contributed by atoms with van der Waals surface area (Å²) in [4.78, 5) is 24.5. The number of amides is 1. The van der Waals surface area contributed by atoms with Crippen molar-refractivity contribution in [3.8, 4) is 0 Å². The third-order valence-corrected chi connectivity index (χ3v) is 5.94. The van der Waals surface area contributed by atoms with Crippen LogP contribution in [0.1, 0.15) is 36.4 Å². The Morgan fingerprint density at radius 1 is 0.857 bits per heavy atom. The van der Waals surface area contributed by atoms with E-state index in [-0.39, 0.29) is 11.9 Å². The Kier molecular flexibility index (Phi) is 6.34. The molecule has 1 atom stereocenters. The highest BCUT2D eigenvalue weighted by Gasteiger charge is 2.33.